The molecule has 0 bridgehead atoms. The van der Waals surface area contributed by atoms with Gasteiger partial charge in [0.25, 0.3) is 11.8 Å². The number of benzene rings is 2. The zero-order chi connectivity index (χ0) is 21.6. The van der Waals surface area contributed by atoms with Crippen molar-refractivity contribution in [3.63, 3.8) is 0 Å². The molecule has 4 aromatic rings. The van der Waals surface area contributed by atoms with Crippen LogP contribution in [0.4, 0.5) is 5.69 Å². The van der Waals surface area contributed by atoms with Crippen LogP contribution in [-0.4, -0.2) is 21.6 Å². The molecular weight excluding hydrogens is 432 g/mol. The maximum Gasteiger partial charge on any atom is 0.265 e. The van der Waals surface area contributed by atoms with Crippen molar-refractivity contribution in [2.75, 3.05) is 5.32 Å². The Morgan fingerprint density at radius 2 is 1.87 bits per heavy atom. The van der Waals surface area contributed by atoms with Gasteiger partial charge in [-0.25, -0.2) is 0 Å². The van der Waals surface area contributed by atoms with Gasteiger partial charge in [0.05, 0.1) is 22.1 Å². The summed E-state index contributed by atoms with van der Waals surface area (Å²) in [5.74, 6) is -0.510. The van der Waals surface area contributed by atoms with Gasteiger partial charge in [-0.2, -0.15) is 5.10 Å². The second-order valence-corrected chi connectivity index (χ2v) is 8.19. The lowest BCUT2D eigenvalue weighted by atomic mass is 10.1. The van der Waals surface area contributed by atoms with E-state index < -0.39 is 0 Å². The van der Waals surface area contributed by atoms with Crippen LogP contribution in [0.3, 0.4) is 0 Å². The number of anilines is 1. The molecule has 0 radical (unpaired) electrons. The molecule has 0 aliphatic carbocycles. The van der Waals surface area contributed by atoms with Crippen LogP contribution in [0.15, 0.2) is 78.4 Å². The average Bonchev–Trinajstić information content (AvgIpc) is 3.48. The third-order valence-electron chi connectivity index (χ3n) is 4.57. The number of nitrogens with zero attached hydrogens (tertiary/aromatic N) is 2. The monoisotopic (exact) mass is 450 g/mol. The van der Waals surface area contributed by atoms with Crippen molar-refractivity contribution >= 4 is 40.4 Å². The Kier molecular flexibility index (Phi) is 6.45. The summed E-state index contributed by atoms with van der Waals surface area (Å²) < 4.78 is 1.84. The van der Waals surface area contributed by atoms with Crippen molar-refractivity contribution in [3.8, 4) is 0 Å². The molecule has 2 aromatic carbocycles. The van der Waals surface area contributed by atoms with Gasteiger partial charge in [0, 0.05) is 24.5 Å². The topological polar surface area (TPSA) is 76.0 Å². The van der Waals surface area contributed by atoms with Crippen LogP contribution < -0.4 is 10.6 Å². The molecule has 0 spiro atoms. The van der Waals surface area contributed by atoms with Crippen molar-refractivity contribution < 1.29 is 9.59 Å². The summed E-state index contributed by atoms with van der Waals surface area (Å²) in [5, 5.41) is 12.1. The summed E-state index contributed by atoms with van der Waals surface area (Å²) in [4.78, 5) is 25.5. The molecule has 2 amide bonds. The minimum Gasteiger partial charge on any atom is -0.348 e. The Hall–Kier alpha value is -3.42. The van der Waals surface area contributed by atoms with E-state index in [0.29, 0.717) is 34.2 Å². The number of hydrogen-bond acceptors (Lipinski definition) is 4. The fourth-order valence-electron chi connectivity index (χ4n) is 3.06. The lowest BCUT2D eigenvalue weighted by Gasteiger charge is -2.10. The average molecular weight is 451 g/mol. The van der Waals surface area contributed by atoms with E-state index in [4.69, 9.17) is 11.6 Å². The highest BCUT2D eigenvalue weighted by Gasteiger charge is 2.13. The molecule has 0 aliphatic heterocycles. The van der Waals surface area contributed by atoms with Crippen LogP contribution in [0.1, 0.15) is 31.2 Å². The van der Waals surface area contributed by atoms with Gasteiger partial charge < -0.3 is 10.6 Å². The number of amides is 2. The van der Waals surface area contributed by atoms with E-state index in [9.17, 15) is 9.59 Å². The maximum atomic E-state index is 12.7. The minimum atomic E-state index is -0.261. The van der Waals surface area contributed by atoms with E-state index in [1.807, 2.05) is 46.6 Å². The molecule has 0 fully saturated rings. The summed E-state index contributed by atoms with van der Waals surface area (Å²) in [5.41, 5.74) is 2.89. The standard InChI is InChI=1S/C23H19ClN4O2S/c24-19-8-7-18(13-20(19)27-23(30)21-6-2-11-31-21)22(29)25-14-16-4-1-5-17(12-16)15-28-10-3-9-26-28/h1-13H,14-15H2,(H,25,29)(H,27,30). The number of nitrogens with one attached hydrogen (secondary N) is 2. The largest absolute Gasteiger partial charge is 0.348 e. The summed E-state index contributed by atoms with van der Waals surface area (Å²) in [6.07, 6.45) is 3.65. The van der Waals surface area contributed by atoms with E-state index in [-0.39, 0.29) is 11.8 Å². The molecule has 2 N–H and O–H groups in total. The second kappa shape index (κ2) is 9.59. The van der Waals surface area contributed by atoms with E-state index in [2.05, 4.69) is 15.7 Å². The predicted molar refractivity (Wildman–Crippen MR) is 123 cm³/mol. The Morgan fingerprint density at radius 1 is 1.00 bits per heavy atom. The molecule has 2 aromatic heterocycles. The SMILES string of the molecule is O=C(NCc1cccc(Cn2cccn2)c1)c1ccc(Cl)c(NC(=O)c2cccs2)c1. The summed E-state index contributed by atoms with van der Waals surface area (Å²) in [6, 6.07) is 18.2. The Balaban J connectivity index is 1.40. The van der Waals surface area contributed by atoms with Crippen LogP contribution in [0.5, 0.6) is 0 Å². The molecule has 2 heterocycles. The maximum absolute atomic E-state index is 12.7. The number of halogens is 1. The Bertz CT molecular complexity index is 1190. The summed E-state index contributed by atoms with van der Waals surface area (Å²) >= 11 is 7.54. The summed E-state index contributed by atoms with van der Waals surface area (Å²) in [6.45, 7) is 1.05. The first-order chi connectivity index (χ1) is 15.1. The Morgan fingerprint density at radius 3 is 2.65 bits per heavy atom. The lowest BCUT2D eigenvalue weighted by Crippen LogP contribution is -2.23. The molecule has 4 rings (SSSR count). The zero-order valence-electron chi connectivity index (χ0n) is 16.4. The molecule has 0 aliphatic rings. The first kappa shape index (κ1) is 20.8. The van der Waals surface area contributed by atoms with Crippen molar-refractivity contribution in [2.45, 2.75) is 13.1 Å². The molecule has 0 atom stereocenters. The van der Waals surface area contributed by atoms with Gasteiger partial charge in [0.2, 0.25) is 0 Å². The molecular formula is C23H19ClN4O2S. The molecule has 0 saturated heterocycles. The quantitative estimate of drug-likeness (QED) is 0.423. The van der Waals surface area contributed by atoms with E-state index in [1.165, 1.54) is 11.3 Å². The van der Waals surface area contributed by atoms with Crippen LogP contribution in [-0.2, 0) is 13.1 Å². The lowest BCUT2D eigenvalue weighted by molar-refractivity contribution is 0.0949. The number of thiophene rings is 1. The zero-order valence-corrected chi connectivity index (χ0v) is 18.0. The predicted octanol–water partition coefficient (Wildman–Crippen LogP) is 4.83. The van der Waals surface area contributed by atoms with Gasteiger partial charge in [0.15, 0.2) is 0 Å². The molecule has 8 heteroatoms. The van der Waals surface area contributed by atoms with Crippen molar-refractivity contribution in [3.05, 3.63) is 105 Å². The third kappa shape index (κ3) is 5.39. The number of carbonyl (C=O) groups is 2. The van der Waals surface area contributed by atoms with E-state index in [0.717, 1.165) is 11.1 Å². The van der Waals surface area contributed by atoms with E-state index >= 15 is 0 Å². The first-order valence-corrected chi connectivity index (χ1v) is 10.8. The normalized spacial score (nSPS) is 10.6. The van der Waals surface area contributed by atoms with Gasteiger partial charge >= 0.3 is 0 Å². The third-order valence-corrected chi connectivity index (χ3v) is 5.77. The van der Waals surface area contributed by atoms with Gasteiger partial charge in [-0.15, -0.1) is 11.3 Å². The second-order valence-electron chi connectivity index (χ2n) is 6.83. The van der Waals surface area contributed by atoms with Gasteiger partial charge in [-0.1, -0.05) is 41.9 Å². The Labute approximate surface area is 188 Å². The number of rotatable bonds is 7. The molecule has 6 nitrogen and oxygen atoms in total. The molecule has 0 saturated carbocycles. The highest BCUT2D eigenvalue weighted by Crippen LogP contribution is 2.24. The number of hydrogen-bond donors (Lipinski definition) is 2. The van der Waals surface area contributed by atoms with E-state index in [1.54, 1.807) is 36.5 Å². The fourth-order valence-corrected chi connectivity index (χ4v) is 3.84. The number of aromatic nitrogens is 2. The van der Waals surface area contributed by atoms with Crippen LogP contribution in [0.2, 0.25) is 5.02 Å². The first-order valence-electron chi connectivity index (χ1n) is 9.56. The molecule has 31 heavy (non-hydrogen) atoms. The minimum absolute atomic E-state index is 0.249. The van der Waals surface area contributed by atoms with Crippen LogP contribution in [0.25, 0.3) is 0 Å². The van der Waals surface area contributed by atoms with Crippen LogP contribution >= 0.6 is 22.9 Å². The summed E-state index contributed by atoms with van der Waals surface area (Å²) in [7, 11) is 0. The van der Waals surface area contributed by atoms with Crippen molar-refractivity contribution in [1.82, 2.24) is 15.1 Å². The number of carbonyl (C=O) groups excluding carboxylic acids is 2. The smallest absolute Gasteiger partial charge is 0.265 e. The van der Waals surface area contributed by atoms with Crippen LogP contribution in [0, 0.1) is 0 Å². The van der Waals surface area contributed by atoms with Gasteiger partial charge in [-0.05, 0) is 46.8 Å². The highest BCUT2D eigenvalue weighted by atomic mass is 35.5. The van der Waals surface area contributed by atoms with Gasteiger partial charge in [0.1, 0.15) is 0 Å². The van der Waals surface area contributed by atoms with Crippen molar-refractivity contribution in [2.24, 2.45) is 0 Å². The fraction of sp³-hybridized carbons (Fsp3) is 0.0870. The highest BCUT2D eigenvalue weighted by molar-refractivity contribution is 7.12. The van der Waals surface area contributed by atoms with Gasteiger partial charge in [-0.3, -0.25) is 14.3 Å². The van der Waals surface area contributed by atoms with Crippen molar-refractivity contribution in [1.29, 1.82) is 0 Å². The molecule has 0 unspecified atom stereocenters. The molecule has 156 valence electrons.